The number of benzene rings is 2. The maximum absolute atomic E-state index is 13.4. The highest BCUT2D eigenvalue weighted by Gasteiger charge is 2.32. The number of carbonyl (C=O) groups excluding carboxylic acids is 1. The van der Waals surface area contributed by atoms with Gasteiger partial charge in [0.15, 0.2) is 17.3 Å². The van der Waals surface area contributed by atoms with Gasteiger partial charge >= 0.3 is 0 Å². The Bertz CT molecular complexity index is 1200. The van der Waals surface area contributed by atoms with E-state index in [4.69, 9.17) is 9.47 Å². The monoisotopic (exact) mass is 504 g/mol. The summed E-state index contributed by atoms with van der Waals surface area (Å²) in [4.78, 5) is 24.3. The smallest absolute Gasteiger partial charge is 0.230 e. The van der Waals surface area contributed by atoms with E-state index >= 15 is 0 Å². The van der Waals surface area contributed by atoms with Gasteiger partial charge in [0.05, 0.1) is 19.6 Å². The minimum absolute atomic E-state index is 0.0265. The minimum Gasteiger partial charge on any atom is -0.493 e. The van der Waals surface area contributed by atoms with Crippen molar-refractivity contribution in [1.82, 2.24) is 25.0 Å². The highest BCUT2D eigenvalue weighted by molar-refractivity contribution is 5.78. The van der Waals surface area contributed by atoms with Crippen LogP contribution in [0.5, 0.6) is 11.5 Å². The molecule has 3 heterocycles. The zero-order valence-electron chi connectivity index (χ0n) is 21.9. The van der Waals surface area contributed by atoms with E-state index in [1.807, 2.05) is 36.1 Å². The maximum Gasteiger partial charge on any atom is 0.230 e. The molecule has 196 valence electrons. The SMILES string of the molecule is COc1ccc(N2CCN(C(=O)Cc3n[nH]c(C)n3)C(Cc3ccccc3)C2)cc1OC1CCN(C)C1. The quantitative estimate of drug-likeness (QED) is 0.505. The average molecular weight is 505 g/mol. The summed E-state index contributed by atoms with van der Waals surface area (Å²) in [5, 5.41) is 7.01. The van der Waals surface area contributed by atoms with Crippen LogP contribution in [-0.2, 0) is 17.6 Å². The number of aromatic nitrogens is 3. The molecular weight excluding hydrogens is 468 g/mol. The highest BCUT2D eigenvalue weighted by atomic mass is 16.5. The van der Waals surface area contributed by atoms with Gasteiger partial charge in [0.25, 0.3) is 0 Å². The molecule has 0 spiro atoms. The number of anilines is 1. The Kier molecular flexibility index (Phi) is 7.60. The number of ether oxygens (including phenoxy) is 2. The fourth-order valence-electron chi connectivity index (χ4n) is 5.31. The fraction of sp³-hybridized carbons (Fsp3) is 0.464. The fourth-order valence-corrected chi connectivity index (χ4v) is 5.31. The third kappa shape index (κ3) is 6.05. The van der Waals surface area contributed by atoms with Gasteiger partial charge in [0.2, 0.25) is 5.91 Å². The topological polar surface area (TPSA) is 86.8 Å². The summed E-state index contributed by atoms with van der Waals surface area (Å²) >= 11 is 0. The first kappa shape index (κ1) is 25.1. The number of H-pyrrole nitrogens is 1. The maximum atomic E-state index is 13.4. The minimum atomic E-state index is 0.0265. The number of aryl methyl sites for hydroxylation is 1. The number of hydrogen-bond acceptors (Lipinski definition) is 7. The van der Waals surface area contributed by atoms with Crippen molar-refractivity contribution in [1.29, 1.82) is 0 Å². The number of nitrogens with zero attached hydrogens (tertiary/aromatic N) is 5. The zero-order chi connectivity index (χ0) is 25.8. The Morgan fingerprint density at radius 2 is 1.92 bits per heavy atom. The molecule has 9 nitrogen and oxygen atoms in total. The van der Waals surface area contributed by atoms with E-state index in [1.165, 1.54) is 5.56 Å². The van der Waals surface area contributed by atoms with Crippen molar-refractivity contribution in [3.63, 3.8) is 0 Å². The lowest BCUT2D eigenvalue weighted by Crippen LogP contribution is -2.56. The summed E-state index contributed by atoms with van der Waals surface area (Å²) in [5.41, 5.74) is 2.29. The van der Waals surface area contributed by atoms with Crippen LogP contribution in [-0.4, -0.2) is 89.9 Å². The molecule has 2 aromatic carbocycles. The molecule has 0 saturated carbocycles. The van der Waals surface area contributed by atoms with Crippen molar-refractivity contribution in [2.24, 2.45) is 0 Å². The zero-order valence-corrected chi connectivity index (χ0v) is 21.9. The van der Waals surface area contributed by atoms with Crippen molar-refractivity contribution in [3.8, 4) is 11.5 Å². The van der Waals surface area contributed by atoms with E-state index < -0.39 is 0 Å². The molecule has 0 radical (unpaired) electrons. The first-order valence-corrected chi connectivity index (χ1v) is 13.0. The van der Waals surface area contributed by atoms with Gasteiger partial charge in [0, 0.05) is 44.5 Å². The molecule has 2 unspecified atom stereocenters. The molecule has 1 aromatic heterocycles. The number of hydrogen-bond donors (Lipinski definition) is 1. The summed E-state index contributed by atoms with van der Waals surface area (Å²) in [6, 6.07) is 16.5. The number of methoxy groups -OCH3 is 1. The predicted molar refractivity (Wildman–Crippen MR) is 142 cm³/mol. The Labute approximate surface area is 218 Å². The summed E-state index contributed by atoms with van der Waals surface area (Å²) in [6.07, 6.45) is 2.15. The lowest BCUT2D eigenvalue weighted by Gasteiger charge is -2.42. The first-order chi connectivity index (χ1) is 18.0. The summed E-state index contributed by atoms with van der Waals surface area (Å²) < 4.78 is 12.0. The summed E-state index contributed by atoms with van der Waals surface area (Å²) in [6.45, 7) is 5.90. The molecule has 2 aliphatic rings. The Morgan fingerprint density at radius 1 is 1.08 bits per heavy atom. The number of aromatic amines is 1. The van der Waals surface area contributed by atoms with E-state index in [9.17, 15) is 4.79 Å². The average Bonchev–Trinajstić information content (AvgIpc) is 3.51. The Hall–Kier alpha value is -3.59. The molecule has 1 N–H and O–H groups in total. The van der Waals surface area contributed by atoms with Crippen LogP contribution >= 0.6 is 0 Å². The number of carbonyl (C=O) groups is 1. The van der Waals surface area contributed by atoms with Gasteiger partial charge in [-0.25, -0.2) is 4.98 Å². The lowest BCUT2D eigenvalue weighted by atomic mass is 10.0. The van der Waals surface area contributed by atoms with Gasteiger partial charge in [-0.2, -0.15) is 5.10 Å². The Morgan fingerprint density at radius 3 is 2.62 bits per heavy atom. The molecule has 5 rings (SSSR count). The molecule has 2 atom stereocenters. The molecule has 1 amide bonds. The number of nitrogens with one attached hydrogen (secondary N) is 1. The number of piperazine rings is 1. The van der Waals surface area contributed by atoms with Gasteiger partial charge in [-0.05, 0) is 44.5 Å². The lowest BCUT2D eigenvalue weighted by molar-refractivity contribution is -0.133. The van der Waals surface area contributed by atoms with Crippen LogP contribution < -0.4 is 14.4 Å². The molecule has 2 aliphatic heterocycles. The van der Waals surface area contributed by atoms with Crippen molar-refractivity contribution in [2.45, 2.75) is 38.3 Å². The van der Waals surface area contributed by atoms with E-state index in [1.54, 1.807) is 7.11 Å². The molecule has 37 heavy (non-hydrogen) atoms. The molecule has 0 bridgehead atoms. The third-order valence-corrected chi connectivity index (χ3v) is 7.22. The molecule has 2 fully saturated rings. The van der Waals surface area contributed by atoms with Crippen molar-refractivity contribution >= 4 is 11.6 Å². The Balaban J connectivity index is 1.35. The van der Waals surface area contributed by atoms with E-state index in [2.05, 4.69) is 56.3 Å². The van der Waals surface area contributed by atoms with Crippen LogP contribution in [0.3, 0.4) is 0 Å². The predicted octanol–water partition coefficient (Wildman–Crippen LogP) is 2.71. The molecule has 0 aliphatic carbocycles. The highest BCUT2D eigenvalue weighted by Crippen LogP contribution is 2.34. The molecular formula is C28H36N6O3. The van der Waals surface area contributed by atoms with Crippen LogP contribution in [0, 0.1) is 6.92 Å². The van der Waals surface area contributed by atoms with Gasteiger partial charge in [-0.3, -0.25) is 9.89 Å². The van der Waals surface area contributed by atoms with E-state index in [-0.39, 0.29) is 24.5 Å². The molecule has 2 saturated heterocycles. The van der Waals surface area contributed by atoms with E-state index in [0.29, 0.717) is 12.4 Å². The largest absolute Gasteiger partial charge is 0.493 e. The normalized spacial score (nSPS) is 20.3. The number of likely N-dealkylation sites (tertiary alicyclic amines) is 1. The van der Waals surface area contributed by atoms with Gasteiger partial charge in [0.1, 0.15) is 11.9 Å². The summed E-state index contributed by atoms with van der Waals surface area (Å²) in [7, 11) is 3.80. The van der Waals surface area contributed by atoms with Gasteiger partial charge in [-0.15, -0.1) is 0 Å². The van der Waals surface area contributed by atoms with Crippen molar-refractivity contribution < 1.29 is 14.3 Å². The van der Waals surface area contributed by atoms with Crippen LogP contribution in [0.25, 0.3) is 0 Å². The number of rotatable bonds is 8. The van der Waals surface area contributed by atoms with Crippen LogP contribution in [0.1, 0.15) is 23.6 Å². The first-order valence-electron chi connectivity index (χ1n) is 13.0. The van der Waals surface area contributed by atoms with Crippen LogP contribution in [0.15, 0.2) is 48.5 Å². The summed E-state index contributed by atoms with van der Waals surface area (Å²) in [5.74, 6) is 2.84. The van der Waals surface area contributed by atoms with Gasteiger partial charge in [-0.1, -0.05) is 30.3 Å². The van der Waals surface area contributed by atoms with Crippen LogP contribution in [0.4, 0.5) is 5.69 Å². The molecule has 3 aromatic rings. The van der Waals surface area contributed by atoms with Crippen molar-refractivity contribution in [2.75, 3.05) is 51.8 Å². The standard InChI is InChI=1S/C28H36N6O3/c1-20-29-27(31-30-20)17-28(35)34-14-13-33(18-23(34)15-21-7-5-4-6-8-21)22-9-10-25(36-3)26(16-22)37-24-11-12-32(2)19-24/h4-10,16,23-24H,11-15,17-19H2,1-3H3,(H,29,30,31). The third-order valence-electron chi connectivity index (χ3n) is 7.22. The second-order valence-electron chi connectivity index (χ2n) is 10.0. The van der Waals surface area contributed by atoms with Gasteiger partial charge < -0.3 is 24.2 Å². The number of amides is 1. The van der Waals surface area contributed by atoms with Crippen molar-refractivity contribution in [3.05, 3.63) is 65.7 Å². The van der Waals surface area contributed by atoms with Crippen LogP contribution in [0.2, 0.25) is 0 Å². The molecule has 9 heteroatoms. The second-order valence-corrected chi connectivity index (χ2v) is 10.0. The number of likely N-dealkylation sites (N-methyl/N-ethyl adjacent to an activating group) is 1. The van der Waals surface area contributed by atoms with E-state index in [0.717, 1.165) is 62.0 Å². The second kappa shape index (κ2) is 11.2.